The zero-order valence-electron chi connectivity index (χ0n) is 17.3. The third-order valence-corrected chi connectivity index (χ3v) is 5.43. The molecule has 0 atom stereocenters. The first kappa shape index (κ1) is 21.6. The molecule has 2 aromatic carbocycles. The van der Waals surface area contributed by atoms with Crippen LogP contribution < -0.4 is 19.1 Å². The zero-order chi connectivity index (χ0) is 22.7. The monoisotopic (exact) mass is 458 g/mol. The van der Waals surface area contributed by atoms with Crippen molar-refractivity contribution in [2.24, 2.45) is 0 Å². The molecule has 1 aromatic heterocycles. The third-order valence-electron chi connectivity index (χ3n) is 4.55. The minimum atomic E-state index is -0.604. The smallest absolute Gasteiger partial charge is 0.338 e. The maximum absolute atomic E-state index is 14.2. The Bertz CT molecular complexity index is 1150. The quantitative estimate of drug-likeness (QED) is 0.514. The van der Waals surface area contributed by atoms with Gasteiger partial charge in [-0.1, -0.05) is 12.1 Å². The summed E-state index contributed by atoms with van der Waals surface area (Å²) in [4.78, 5) is 30.2. The Labute approximate surface area is 187 Å². The number of anilines is 2. The van der Waals surface area contributed by atoms with Gasteiger partial charge in [-0.2, -0.15) is 0 Å². The largest absolute Gasteiger partial charge is 0.493 e. The summed E-state index contributed by atoms with van der Waals surface area (Å²) in [5, 5.41) is 1.92. The lowest BCUT2D eigenvalue weighted by Crippen LogP contribution is -2.23. The summed E-state index contributed by atoms with van der Waals surface area (Å²) in [6, 6.07) is 8.97. The van der Waals surface area contributed by atoms with E-state index >= 15 is 0 Å². The summed E-state index contributed by atoms with van der Waals surface area (Å²) in [6.07, 6.45) is 0. The highest BCUT2D eigenvalue weighted by Crippen LogP contribution is 2.40. The maximum atomic E-state index is 14.2. The SMILES string of the molecule is COc1cc(C(=O)OCc2csc(N(C(C)=O)c3ccccc3F)n2)cc2c1OCCO2. The maximum Gasteiger partial charge on any atom is 0.338 e. The molecule has 0 saturated heterocycles. The molecule has 1 aliphatic heterocycles. The van der Waals surface area contributed by atoms with E-state index in [1.54, 1.807) is 11.4 Å². The molecule has 166 valence electrons. The lowest BCUT2D eigenvalue weighted by molar-refractivity contribution is -0.115. The van der Waals surface area contributed by atoms with Crippen LogP contribution in [0.3, 0.4) is 0 Å². The van der Waals surface area contributed by atoms with Crippen molar-refractivity contribution in [2.75, 3.05) is 25.2 Å². The molecule has 1 aliphatic rings. The van der Waals surface area contributed by atoms with E-state index in [2.05, 4.69) is 4.98 Å². The first-order chi connectivity index (χ1) is 15.5. The van der Waals surface area contributed by atoms with Gasteiger partial charge in [0.25, 0.3) is 0 Å². The molecule has 0 spiro atoms. The molecule has 10 heteroatoms. The molecule has 32 heavy (non-hydrogen) atoms. The highest BCUT2D eigenvalue weighted by atomic mass is 32.1. The first-order valence-corrected chi connectivity index (χ1v) is 10.5. The van der Waals surface area contributed by atoms with Crippen LogP contribution in [0.2, 0.25) is 0 Å². The number of benzene rings is 2. The Balaban J connectivity index is 1.49. The number of carbonyl (C=O) groups is 2. The van der Waals surface area contributed by atoms with Crippen molar-refractivity contribution in [2.45, 2.75) is 13.5 Å². The van der Waals surface area contributed by atoms with E-state index < -0.39 is 17.7 Å². The number of para-hydroxylation sites is 1. The van der Waals surface area contributed by atoms with Crippen LogP contribution >= 0.6 is 11.3 Å². The molecule has 3 aromatic rings. The number of carbonyl (C=O) groups excluding carboxylic acids is 2. The number of esters is 1. The van der Waals surface area contributed by atoms with Crippen molar-refractivity contribution in [3.8, 4) is 17.2 Å². The molecular formula is C22H19FN2O6S. The predicted octanol–water partition coefficient (Wildman–Crippen LogP) is 4.10. The second kappa shape index (κ2) is 9.23. The van der Waals surface area contributed by atoms with E-state index in [4.69, 9.17) is 18.9 Å². The summed E-state index contributed by atoms with van der Waals surface area (Å²) < 4.78 is 35.9. The van der Waals surface area contributed by atoms with Crippen LogP contribution in [0.5, 0.6) is 17.2 Å². The highest BCUT2D eigenvalue weighted by molar-refractivity contribution is 7.14. The molecule has 0 N–H and O–H groups in total. The summed E-state index contributed by atoms with van der Waals surface area (Å²) in [5.41, 5.74) is 0.755. The normalized spacial score (nSPS) is 12.2. The first-order valence-electron chi connectivity index (χ1n) is 9.62. The number of rotatable bonds is 6. The van der Waals surface area contributed by atoms with Gasteiger partial charge in [0.2, 0.25) is 11.7 Å². The number of amides is 1. The van der Waals surface area contributed by atoms with Crippen LogP contribution in [0.25, 0.3) is 0 Å². The van der Waals surface area contributed by atoms with Gasteiger partial charge in [0.15, 0.2) is 16.6 Å². The molecule has 0 bridgehead atoms. The van der Waals surface area contributed by atoms with E-state index in [1.165, 1.54) is 49.3 Å². The van der Waals surface area contributed by atoms with Crippen molar-refractivity contribution in [3.63, 3.8) is 0 Å². The van der Waals surface area contributed by atoms with Gasteiger partial charge in [0.05, 0.1) is 24.1 Å². The van der Waals surface area contributed by atoms with Gasteiger partial charge in [-0.15, -0.1) is 11.3 Å². The van der Waals surface area contributed by atoms with Gasteiger partial charge in [0.1, 0.15) is 25.6 Å². The Morgan fingerprint density at radius 1 is 1.22 bits per heavy atom. The van der Waals surface area contributed by atoms with Crippen molar-refractivity contribution < 1.29 is 32.9 Å². The number of methoxy groups -OCH3 is 1. The number of thiazole rings is 1. The number of nitrogens with zero attached hydrogens (tertiary/aromatic N) is 2. The standard InChI is InChI=1S/C22H19FN2O6S/c1-13(26)25(17-6-4-3-5-16(17)23)22-24-15(12-32-22)11-31-21(27)14-9-18(28-2)20-19(10-14)29-7-8-30-20/h3-6,9-10,12H,7-8,11H2,1-2H3. The number of halogens is 1. The minimum Gasteiger partial charge on any atom is -0.493 e. The van der Waals surface area contributed by atoms with Crippen LogP contribution in [0.4, 0.5) is 15.2 Å². The predicted molar refractivity (Wildman–Crippen MR) is 114 cm³/mol. The van der Waals surface area contributed by atoms with E-state index in [0.29, 0.717) is 36.2 Å². The van der Waals surface area contributed by atoms with E-state index in [-0.39, 0.29) is 23.0 Å². The zero-order valence-corrected chi connectivity index (χ0v) is 18.1. The second-order valence-corrected chi connectivity index (χ2v) is 7.54. The fourth-order valence-electron chi connectivity index (χ4n) is 3.12. The molecule has 2 heterocycles. The Kier molecular flexibility index (Phi) is 6.22. The van der Waals surface area contributed by atoms with E-state index in [1.807, 2.05) is 0 Å². The van der Waals surface area contributed by atoms with Crippen molar-refractivity contribution in [1.82, 2.24) is 4.98 Å². The van der Waals surface area contributed by atoms with Gasteiger partial charge in [-0.05, 0) is 24.3 Å². The number of hydrogen-bond donors (Lipinski definition) is 0. The van der Waals surface area contributed by atoms with Gasteiger partial charge >= 0.3 is 5.97 Å². The van der Waals surface area contributed by atoms with E-state index in [9.17, 15) is 14.0 Å². The Morgan fingerprint density at radius 3 is 2.75 bits per heavy atom. The minimum absolute atomic E-state index is 0.0984. The summed E-state index contributed by atoms with van der Waals surface area (Å²) in [5.74, 6) is -0.327. The van der Waals surface area contributed by atoms with Gasteiger partial charge in [-0.25, -0.2) is 14.2 Å². The lowest BCUT2D eigenvalue weighted by atomic mass is 10.1. The number of fused-ring (bicyclic) bond motifs is 1. The van der Waals surface area contributed by atoms with Gasteiger partial charge in [-0.3, -0.25) is 9.69 Å². The molecule has 0 unspecified atom stereocenters. The summed E-state index contributed by atoms with van der Waals surface area (Å²) in [7, 11) is 1.47. The molecule has 0 aliphatic carbocycles. The fraction of sp³-hybridized carbons (Fsp3) is 0.227. The molecule has 1 amide bonds. The average molecular weight is 458 g/mol. The number of hydrogen-bond acceptors (Lipinski definition) is 8. The van der Waals surface area contributed by atoms with Crippen molar-refractivity contribution >= 4 is 34.0 Å². The highest BCUT2D eigenvalue weighted by Gasteiger charge is 2.23. The van der Waals surface area contributed by atoms with Gasteiger partial charge < -0.3 is 18.9 Å². The number of aromatic nitrogens is 1. The van der Waals surface area contributed by atoms with Crippen molar-refractivity contribution in [3.05, 3.63) is 58.9 Å². The van der Waals surface area contributed by atoms with Crippen LogP contribution in [0.1, 0.15) is 23.0 Å². The Morgan fingerprint density at radius 2 is 2.00 bits per heavy atom. The van der Waals surface area contributed by atoms with Crippen LogP contribution in [-0.4, -0.2) is 37.2 Å². The van der Waals surface area contributed by atoms with Crippen LogP contribution in [0.15, 0.2) is 41.8 Å². The average Bonchev–Trinajstić information content (AvgIpc) is 3.26. The Hall–Kier alpha value is -3.66. The molecule has 8 nitrogen and oxygen atoms in total. The summed E-state index contributed by atoms with van der Waals surface area (Å²) >= 11 is 1.14. The molecule has 0 saturated carbocycles. The lowest BCUT2D eigenvalue weighted by Gasteiger charge is -2.21. The fourth-order valence-corrected chi connectivity index (χ4v) is 3.98. The molecule has 0 radical (unpaired) electrons. The third kappa shape index (κ3) is 4.35. The van der Waals surface area contributed by atoms with Gasteiger partial charge in [0, 0.05) is 12.3 Å². The molecular weight excluding hydrogens is 439 g/mol. The number of ether oxygens (including phenoxy) is 4. The molecule has 4 rings (SSSR count). The second-order valence-electron chi connectivity index (χ2n) is 6.71. The van der Waals surface area contributed by atoms with E-state index in [0.717, 1.165) is 11.3 Å². The topological polar surface area (TPSA) is 87.2 Å². The summed E-state index contributed by atoms with van der Waals surface area (Å²) in [6.45, 7) is 1.95. The van der Waals surface area contributed by atoms with Crippen LogP contribution in [0, 0.1) is 5.82 Å². The van der Waals surface area contributed by atoms with Crippen LogP contribution in [-0.2, 0) is 16.1 Å². The molecule has 0 fully saturated rings. The van der Waals surface area contributed by atoms with Crippen molar-refractivity contribution in [1.29, 1.82) is 0 Å².